The van der Waals surface area contributed by atoms with Crippen LogP contribution >= 0.6 is 15.9 Å². The van der Waals surface area contributed by atoms with Crippen LogP contribution in [0.15, 0.2) is 22.7 Å². The molecule has 5 nitrogen and oxygen atoms in total. The maximum atomic E-state index is 12.5. The standard InChI is InChI=1S/C15H22BrNO4S/c1-10(13-6-5-11(16)7-14(13)20-4)17-22(18,19)12-8-15(2,3)21-9-12/h5-7,10,12,17H,8-9H2,1-4H3. The van der Waals surface area contributed by atoms with Gasteiger partial charge < -0.3 is 9.47 Å². The first-order valence-electron chi connectivity index (χ1n) is 7.13. The molecule has 0 radical (unpaired) electrons. The van der Waals surface area contributed by atoms with E-state index in [1.807, 2.05) is 39.0 Å². The van der Waals surface area contributed by atoms with E-state index in [-0.39, 0.29) is 12.6 Å². The largest absolute Gasteiger partial charge is 0.496 e. The van der Waals surface area contributed by atoms with Crippen LogP contribution in [-0.4, -0.2) is 33.0 Å². The summed E-state index contributed by atoms with van der Waals surface area (Å²) in [6.07, 6.45) is 0.493. The Morgan fingerprint density at radius 1 is 1.45 bits per heavy atom. The van der Waals surface area contributed by atoms with Crippen molar-refractivity contribution in [3.8, 4) is 5.75 Å². The van der Waals surface area contributed by atoms with Crippen LogP contribution < -0.4 is 9.46 Å². The molecule has 0 saturated carbocycles. The number of hydrogen-bond donors (Lipinski definition) is 1. The van der Waals surface area contributed by atoms with Crippen LogP contribution in [0.25, 0.3) is 0 Å². The molecule has 2 atom stereocenters. The molecule has 2 rings (SSSR count). The molecule has 7 heteroatoms. The van der Waals surface area contributed by atoms with Crippen LogP contribution in [-0.2, 0) is 14.8 Å². The van der Waals surface area contributed by atoms with Gasteiger partial charge in [0.1, 0.15) is 11.0 Å². The second-order valence-electron chi connectivity index (χ2n) is 6.17. The van der Waals surface area contributed by atoms with Gasteiger partial charge in [-0.2, -0.15) is 0 Å². The Bertz CT molecular complexity index is 645. The summed E-state index contributed by atoms with van der Waals surface area (Å²) < 4.78 is 39.6. The van der Waals surface area contributed by atoms with Crippen LogP contribution in [0.1, 0.15) is 38.8 Å². The summed E-state index contributed by atoms with van der Waals surface area (Å²) in [7, 11) is -1.89. The van der Waals surface area contributed by atoms with Gasteiger partial charge in [-0.15, -0.1) is 0 Å². The summed E-state index contributed by atoms with van der Waals surface area (Å²) in [5, 5.41) is -0.522. The highest BCUT2D eigenvalue weighted by Crippen LogP contribution is 2.32. The normalized spacial score (nSPS) is 22.5. The number of rotatable bonds is 5. The SMILES string of the molecule is COc1cc(Br)ccc1C(C)NS(=O)(=O)C1COC(C)(C)C1. The minimum atomic E-state index is -3.46. The molecule has 1 aromatic rings. The maximum Gasteiger partial charge on any atom is 0.217 e. The van der Waals surface area contributed by atoms with Crippen molar-refractivity contribution in [1.29, 1.82) is 0 Å². The average Bonchev–Trinajstić information content (AvgIpc) is 2.79. The van der Waals surface area contributed by atoms with E-state index in [0.717, 1.165) is 10.0 Å². The first kappa shape index (κ1) is 17.7. The zero-order valence-corrected chi connectivity index (χ0v) is 15.6. The molecule has 2 unspecified atom stereocenters. The van der Waals surface area contributed by atoms with Gasteiger partial charge in [0.05, 0.1) is 19.3 Å². The lowest BCUT2D eigenvalue weighted by Gasteiger charge is -2.20. The highest BCUT2D eigenvalue weighted by atomic mass is 79.9. The van der Waals surface area contributed by atoms with Crippen molar-refractivity contribution in [3.63, 3.8) is 0 Å². The number of hydrogen-bond acceptors (Lipinski definition) is 4. The van der Waals surface area contributed by atoms with Crippen molar-refractivity contribution in [2.24, 2.45) is 0 Å². The summed E-state index contributed by atoms with van der Waals surface area (Å²) in [5.74, 6) is 0.646. The fourth-order valence-electron chi connectivity index (χ4n) is 2.63. The Kier molecular flexibility index (Phi) is 5.21. The number of nitrogens with one attached hydrogen (secondary N) is 1. The van der Waals surface area contributed by atoms with E-state index in [2.05, 4.69) is 20.7 Å². The van der Waals surface area contributed by atoms with Crippen molar-refractivity contribution in [2.45, 2.75) is 44.1 Å². The van der Waals surface area contributed by atoms with E-state index in [1.165, 1.54) is 0 Å². The fourth-order valence-corrected chi connectivity index (χ4v) is 4.65. The Labute approximate surface area is 140 Å². The van der Waals surface area contributed by atoms with E-state index in [9.17, 15) is 8.42 Å². The molecular weight excluding hydrogens is 370 g/mol. The fraction of sp³-hybridized carbons (Fsp3) is 0.600. The van der Waals surface area contributed by atoms with Crippen LogP contribution in [0, 0.1) is 0 Å². The number of benzene rings is 1. The zero-order chi connectivity index (χ0) is 16.5. The molecule has 0 bridgehead atoms. The minimum absolute atomic E-state index is 0.229. The van der Waals surface area contributed by atoms with Crippen molar-refractivity contribution < 1.29 is 17.9 Å². The lowest BCUT2D eigenvalue weighted by Crippen LogP contribution is -2.37. The third-order valence-corrected chi connectivity index (χ3v) is 6.18. The molecule has 0 aromatic heterocycles. The van der Waals surface area contributed by atoms with Crippen LogP contribution in [0.4, 0.5) is 0 Å². The summed E-state index contributed by atoms with van der Waals surface area (Å²) in [4.78, 5) is 0. The van der Waals surface area contributed by atoms with Crippen molar-refractivity contribution in [3.05, 3.63) is 28.2 Å². The third kappa shape index (κ3) is 4.01. The van der Waals surface area contributed by atoms with Gasteiger partial charge in [-0.1, -0.05) is 22.0 Å². The zero-order valence-electron chi connectivity index (χ0n) is 13.2. The molecule has 1 aliphatic rings. The van der Waals surface area contributed by atoms with Gasteiger partial charge in [0.2, 0.25) is 10.0 Å². The first-order chi connectivity index (χ1) is 10.1. The predicted octanol–water partition coefficient (Wildman–Crippen LogP) is 3.01. The van der Waals surface area contributed by atoms with Crippen LogP contribution in [0.3, 0.4) is 0 Å². The summed E-state index contributed by atoms with van der Waals surface area (Å²) in [6.45, 7) is 5.85. The Hall–Kier alpha value is -0.630. The molecule has 1 heterocycles. The molecule has 22 heavy (non-hydrogen) atoms. The van der Waals surface area contributed by atoms with Crippen molar-refractivity contribution in [1.82, 2.24) is 4.72 Å². The third-order valence-electron chi connectivity index (χ3n) is 3.82. The van der Waals surface area contributed by atoms with Crippen molar-refractivity contribution >= 4 is 26.0 Å². The van der Waals surface area contributed by atoms with Gasteiger partial charge in [0, 0.05) is 16.1 Å². The second kappa shape index (κ2) is 6.47. The smallest absolute Gasteiger partial charge is 0.217 e. The summed E-state index contributed by atoms with van der Waals surface area (Å²) in [5.41, 5.74) is 0.408. The number of sulfonamides is 1. The summed E-state index contributed by atoms with van der Waals surface area (Å²) in [6, 6.07) is 5.16. The Morgan fingerprint density at radius 2 is 2.14 bits per heavy atom. The molecule has 1 aromatic carbocycles. The van der Waals surface area contributed by atoms with Crippen LogP contribution in [0.2, 0.25) is 0 Å². The molecule has 1 N–H and O–H groups in total. The number of halogens is 1. The van der Waals surface area contributed by atoms with Gasteiger partial charge in [0.25, 0.3) is 0 Å². The van der Waals surface area contributed by atoms with Crippen LogP contribution in [0.5, 0.6) is 5.75 Å². The van der Waals surface area contributed by atoms with Gasteiger partial charge >= 0.3 is 0 Å². The van der Waals surface area contributed by atoms with Crippen molar-refractivity contribution in [2.75, 3.05) is 13.7 Å². The van der Waals surface area contributed by atoms with E-state index in [4.69, 9.17) is 9.47 Å². The number of methoxy groups -OCH3 is 1. The Morgan fingerprint density at radius 3 is 2.68 bits per heavy atom. The summed E-state index contributed by atoms with van der Waals surface area (Å²) >= 11 is 3.38. The van der Waals surface area contributed by atoms with Gasteiger partial charge in [-0.3, -0.25) is 0 Å². The molecule has 1 aliphatic heterocycles. The van der Waals surface area contributed by atoms with E-state index < -0.39 is 20.9 Å². The topological polar surface area (TPSA) is 64.6 Å². The molecule has 1 saturated heterocycles. The lowest BCUT2D eigenvalue weighted by atomic mass is 10.1. The number of ether oxygens (including phenoxy) is 2. The van der Waals surface area contributed by atoms with Gasteiger partial charge in [-0.25, -0.2) is 13.1 Å². The molecule has 0 amide bonds. The lowest BCUT2D eigenvalue weighted by molar-refractivity contribution is 0.0367. The minimum Gasteiger partial charge on any atom is -0.496 e. The average molecular weight is 392 g/mol. The highest BCUT2D eigenvalue weighted by molar-refractivity contribution is 9.10. The molecule has 124 valence electrons. The van der Waals surface area contributed by atoms with E-state index in [1.54, 1.807) is 7.11 Å². The van der Waals surface area contributed by atoms with E-state index in [0.29, 0.717) is 12.2 Å². The predicted molar refractivity (Wildman–Crippen MR) is 89.6 cm³/mol. The quantitative estimate of drug-likeness (QED) is 0.837. The monoisotopic (exact) mass is 391 g/mol. The Balaban J connectivity index is 2.16. The highest BCUT2D eigenvalue weighted by Gasteiger charge is 2.40. The molecule has 0 aliphatic carbocycles. The van der Waals surface area contributed by atoms with Gasteiger partial charge in [0.15, 0.2) is 0 Å². The molecule has 0 spiro atoms. The second-order valence-corrected chi connectivity index (χ2v) is 9.08. The van der Waals surface area contributed by atoms with Gasteiger partial charge in [-0.05, 0) is 39.3 Å². The first-order valence-corrected chi connectivity index (χ1v) is 9.47. The molecule has 1 fully saturated rings. The van der Waals surface area contributed by atoms with E-state index >= 15 is 0 Å². The maximum absolute atomic E-state index is 12.5. The molecular formula is C15H22BrNO4S.